The van der Waals surface area contributed by atoms with Crippen molar-refractivity contribution in [2.45, 2.75) is 31.7 Å². The zero-order chi connectivity index (χ0) is 12.3. The van der Waals surface area contributed by atoms with Gasteiger partial charge in [0.05, 0.1) is 6.33 Å². The fourth-order valence-corrected chi connectivity index (χ4v) is 2.72. The zero-order valence-corrected chi connectivity index (χ0v) is 11.2. The van der Waals surface area contributed by atoms with Crippen LogP contribution in [0.4, 0.5) is 5.82 Å². The van der Waals surface area contributed by atoms with Crippen LogP contribution in [0.25, 0.3) is 0 Å². The van der Waals surface area contributed by atoms with Gasteiger partial charge in [0.1, 0.15) is 10.3 Å². The van der Waals surface area contributed by atoms with E-state index in [0.717, 1.165) is 0 Å². The molecule has 0 aliphatic heterocycles. The molecule has 5 nitrogen and oxygen atoms in total. The molecule has 1 atom stereocenters. The maximum absolute atomic E-state index is 11.4. The molecule has 1 aromatic rings. The molecule has 0 amide bonds. The number of nitrogens with zero attached hydrogens (tertiary/aromatic N) is 1. The van der Waals surface area contributed by atoms with Gasteiger partial charge >= 0.3 is 0 Å². The Morgan fingerprint density at radius 3 is 2.94 bits per heavy atom. The van der Waals surface area contributed by atoms with E-state index in [1.807, 2.05) is 0 Å². The smallest absolute Gasteiger partial charge is 0.267 e. The lowest BCUT2D eigenvalue weighted by atomic mass is 9.98. The molecule has 0 aromatic carbocycles. The van der Waals surface area contributed by atoms with Crippen LogP contribution in [0.1, 0.15) is 25.7 Å². The van der Waals surface area contributed by atoms with Crippen LogP contribution in [0.3, 0.4) is 0 Å². The largest absolute Gasteiger partial charge is 0.365 e. The van der Waals surface area contributed by atoms with Crippen molar-refractivity contribution >= 4 is 21.7 Å². The lowest BCUT2D eigenvalue weighted by Crippen LogP contribution is -2.36. The lowest BCUT2D eigenvalue weighted by Gasteiger charge is -2.23. The second-order valence-corrected chi connectivity index (χ2v) is 5.22. The fraction of sp³-hybridized carbons (Fsp3) is 0.636. The highest BCUT2D eigenvalue weighted by Crippen LogP contribution is 2.29. The zero-order valence-electron chi connectivity index (χ0n) is 9.58. The highest BCUT2D eigenvalue weighted by atomic mass is 79.9. The Morgan fingerprint density at radius 1 is 1.59 bits per heavy atom. The molecule has 1 saturated carbocycles. The van der Waals surface area contributed by atoms with E-state index >= 15 is 0 Å². The highest BCUT2D eigenvalue weighted by Gasteiger charge is 2.24. The number of H-pyrrole nitrogens is 1. The quantitative estimate of drug-likeness (QED) is 0.786. The number of hydrogen-bond donors (Lipinski definition) is 3. The minimum atomic E-state index is -0.176. The van der Waals surface area contributed by atoms with E-state index in [-0.39, 0.29) is 11.6 Å². The molecule has 0 spiro atoms. The van der Waals surface area contributed by atoms with Gasteiger partial charge in [-0.2, -0.15) is 0 Å². The summed E-state index contributed by atoms with van der Waals surface area (Å²) in [5, 5.41) is 3.28. The van der Waals surface area contributed by atoms with Crippen LogP contribution >= 0.6 is 15.9 Å². The number of nitrogens with one attached hydrogen (secondary N) is 2. The summed E-state index contributed by atoms with van der Waals surface area (Å²) >= 11 is 3.24. The molecule has 0 bridgehead atoms. The molecule has 0 saturated heterocycles. The van der Waals surface area contributed by atoms with Crippen molar-refractivity contribution in [1.29, 1.82) is 0 Å². The number of aromatic amines is 1. The molecule has 2 rings (SSSR count). The SMILES string of the molecule is NCC(Nc1nc[nH]c(=O)c1Br)C1CCCC1. The van der Waals surface area contributed by atoms with Crippen molar-refractivity contribution in [2.24, 2.45) is 11.7 Å². The fourth-order valence-electron chi connectivity index (χ4n) is 2.39. The van der Waals surface area contributed by atoms with Gasteiger partial charge in [0, 0.05) is 12.6 Å². The molecule has 1 unspecified atom stereocenters. The minimum absolute atomic E-state index is 0.176. The average Bonchev–Trinajstić information content (AvgIpc) is 2.85. The summed E-state index contributed by atoms with van der Waals surface area (Å²) in [6, 6.07) is 0.197. The van der Waals surface area contributed by atoms with E-state index in [0.29, 0.717) is 22.8 Å². The van der Waals surface area contributed by atoms with Crippen LogP contribution in [-0.4, -0.2) is 22.6 Å². The molecule has 94 valence electrons. The number of aromatic nitrogens is 2. The molecular formula is C11H17BrN4O. The summed E-state index contributed by atoms with van der Waals surface area (Å²) in [5.74, 6) is 1.17. The molecular weight excluding hydrogens is 284 g/mol. The van der Waals surface area contributed by atoms with E-state index < -0.39 is 0 Å². The van der Waals surface area contributed by atoms with Crippen molar-refractivity contribution in [3.05, 3.63) is 21.2 Å². The predicted octanol–water partition coefficient (Wildman–Crippen LogP) is 1.46. The number of nitrogens with two attached hydrogens (primary N) is 1. The van der Waals surface area contributed by atoms with E-state index in [4.69, 9.17) is 5.73 Å². The van der Waals surface area contributed by atoms with Gasteiger partial charge in [-0.15, -0.1) is 0 Å². The van der Waals surface area contributed by atoms with E-state index in [2.05, 4.69) is 31.2 Å². The van der Waals surface area contributed by atoms with Gasteiger partial charge < -0.3 is 16.0 Å². The molecule has 4 N–H and O–H groups in total. The second-order valence-electron chi connectivity index (χ2n) is 4.43. The van der Waals surface area contributed by atoms with E-state index in [1.54, 1.807) is 0 Å². The maximum atomic E-state index is 11.4. The molecule has 0 radical (unpaired) electrons. The van der Waals surface area contributed by atoms with E-state index in [1.165, 1.54) is 32.0 Å². The normalized spacial score (nSPS) is 18.2. The molecule has 1 aromatic heterocycles. The van der Waals surface area contributed by atoms with Gasteiger partial charge in [-0.05, 0) is 34.7 Å². The average molecular weight is 301 g/mol. The van der Waals surface area contributed by atoms with Crippen LogP contribution in [0.2, 0.25) is 0 Å². The summed E-state index contributed by atoms with van der Waals surface area (Å²) in [6.07, 6.45) is 6.35. The number of anilines is 1. The Morgan fingerprint density at radius 2 is 2.29 bits per heavy atom. The minimum Gasteiger partial charge on any atom is -0.365 e. The Hall–Kier alpha value is -0.880. The predicted molar refractivity (Wildman–Crippen MR) is 71.0 cm³/mol. The number of hydrogen-bond acceptors (Lipinski definition) is 4. The first-order valence-corrected chi connectivity index (χ1v) is 6.71. The van der Waals surface area contributed by atoms with Gasteiger partial charge in [-0.25, -0.2) is 4.98 Å². The first kappa shape index (κ1) is 12.6. The Balaban J connectivity index is 2.12. The van der Waals surface area contributed by atoms with Crippen molar-refractivity contribution in [3.63, 3.8) is 0 Å². The van der Waals surface area contributed by atoms with Crippen molar-refractivity contribution in [3.8, 4) is 0 Å². The third kappa shape index (κ3) is 2.87. The Kier molecular flexibility index (Phi) is 4.17. The van der Waals surface area contributed by atoms with Crippen LogP contribution in [0, 0.1) is 5.92 Å². The molecule has 1 fully saturated rings. The maximum Gasteiger partial charge on any atom is 0.267 e. The summed E-state index contributed by atoms with van der Waals surface area (Å²) in [4.78, 5) is 18.1. The molecule has 1 aliphatic rings. The van der Waals surface area contributed by atoms with Crippen LogP contribution in [-0.2, 0) is 0 Å². The third-order valence-electron chi connectivity index (χ3n) is 3.34. The van der Waals surface area contributed by atoms with Crippen LogP contribution in [0.5, 0.6) is 0 Å². The van der Waals surface area contributed by atoms with Gasteiger partial charge in [0.2, 0.25) is 0 Å². The summed E-state index contributed by atoms with van der Waals surface area (Å²) in [6.45, 7) is 0.561. The standard InChI is InChI=1S/C11H17BrN4O/c12-9-10(14-6-15-11(9)17)16-8(5-13)7-3-1-2-4-7/h6-8H,1-5,13H2,(H2,14,15,16,17). The number of halogens is 1. The summed E-state index contributed by atoms with van der Waals surface area (Å²) in [7, 11) is 0. The summed E-state index contributed by atoms with van der Waals surface area (Å²) in [5.41, 5.74) is 5.62. The van der Waals surface area contributed by atoms with Gasteiger partial charge in [-0.1, -0.05) is 12.8 Å². The molecule has 1 aliphatic carbocycles. The van der Waals surface area contributed by atoms with Gasteiger partial charge in [0.25, 0.3) is 5.56 Å². The lowest BCUT2D eigenvalue weighted by molar-refractivity contribution is 0.461. The summed E-state index contributed by atoms with van der Waals surface area (Å²) < 4.78 is 0.441. The highest BCUT2D eigenvalue weighted by molar-refractivity contribution is 9.10. The topological polar surface area (TPSA) is 83.8 Å². The monoisotopic (exact) mass is 300 g/mol. The molecule has 6 heteroatoms. The first-order valence-electron chi connectivity index (χ1n) is 5.92. The second kappa shape index (κ2) is 5.64. The van der Waals surface area contributed by atoms with Crippen molar-refractivity contribution in [2.75, 3.05) is 11.9 Å². The van der Waals surface area contributed by atoms with Crippen molar-refractivity contribution < 1.29 is 0 Å². The molecule has 17 heavy (non-hydrogen) atoms. The Bertz CT molecular complexity index is 428. The van der Waals surface area contributed by atoms with Crippen LogP contribution in [0.15, 0.2) is 15.6 Å². The van der Waals surface area contributed by atoms with Gasteiger partial charge in [0.15, 0.2) is 0 Å². The van der Waals surface area contributed by atoms with Crippen LogP contribution < -0.4 is 16.6 Å². The molecule has 1 heterocycles. The Labute approximate surface area is 108 Å². The first-order chi connectivity index (χ1) is 8.22. The van der Waals surface area contributed by atoms with Crippen molar-refractivity contribution in [1.82, 2.24) is 9.97 Å². The van der Waals surface area contributed by atoms with Gasteiger partial charge in [-0.3, -0.25) is 4.79 Å². The number of rotatable bonds is 4. The third-order valence-corrected chi connectivity index (χ3v) is 4.08. The van der Waals surface area contributed by atoms with E-state index in [9.17, 15) is 4.79 Å².